The lowest BCUT2D eigenvalue weighted by molar-refractivity contribution is 0.547. The van der Waals surface area contributed by atoms with Crippen molar-refractivity contribution in [3.63, 3.8) is 0 Å². The molecule has 0 nitrogen and oxygen atoms in total. The van der Waals surface area contributed by atoms with Crippen LogP contribution >= 0.6 is 0 Å². The van der Waals surface area contributed by atoms with E-state index in [9.17, 15) is 0 Å². The molecule has 0 spiro atoms. The van der Waals surface area contributed by atoms with E-state index in [4.69, 9.17) is 0 Å². The molecule has 0 fully saturated rings. The third-order valence-corrected chi connectivity index (χ3v) is 4.54. The zero-order valence-electron chi connectivity index (χ0n) is 14.5. The third-order valence-electron chi connectivity index (χ3n) is 4.54. The van der Waals surface area contributed by atoms with Gasteiger partial charge in [0.1, 0.15) is 0 Å². The molecule has 0 bridgehead atoms. The van der Waals surface area contributed by atoms with Crippen LogP contribution in [0.15, 0.2) is 72.8 Å². The first-order valence-electron chi connectivity index (χ1n) is 8.55. The summed E-state index contributed by atoms with van der Waals surface area (Å²) in [4.78, 5) is 0. The Bertz CT molecular complexity index is 1080. The molecular formula is C24H22. The first-order valence-corrected chi connectivity index (χ1v) is 8.55. The van der Waals surface area contributed by atoms with E-state index < -0.39 is 0 Å². The van der Waals surface area contributed by atoms with E-state index in [-0.39, 0.29) is 5.41 Å². The van der Waals surface area contributed by atoms with Gasteiger partial charge in [0.25, 0.3) is 0 Å². The van der Waals surface area contributed by atoms with E-state index in [1.54, 1.807) is 0 Å². The van der Waals surface area contributed by atoms with Gasteiger partial charge in [-0.1, -0.05) is 93.6 Å². The first kappa shape index (κ1) is 15.0. The number of rotatable bonds is 1. The molecule has 0 aliphatic heterocycles. The van der Waals surface area contributed by atoms with Gasteiger partial charge in [-0.3, -0.25) is 0 Å². The average molecular weight is 310 g/mol. The Morgan fingerprint density at radius 2 is 1.25 bits per heavy atom. The van der Waals surface area contributed by atoms with Gasteiger partial charge in [-0.2, -0.15) is 0 Å². The lowest BCUT2D eigenvalue weighted by Crippen LogP contribution is -1.97. The summed E-state index contributed by atoms with van der Waals surface area (Å²) in [7, 11) is 0. The highest BCUT2D eigenvalue weighted by Crippen LogP contribution is 2.32. The summed E-state index contributed by atoms with van der Waals surface area (Å²) in [5.74, 6) is 0. The van der Waals surface area contributed by atoms with Gasteiger partial charge in [0.05, 0.1) is 0 Å². The van der Waals surface area contributed by atoms with Gasteiger partial charge in [0, 0.05) is 0 Å². The maximum atomic E-state index is 2.31. The van der Waals surface area contributed by atoms with Crippen molar-refractivity contribution >= 4 is 38.4 Å². The molecule has 0 aromatic heterocycles. The molecule has 0 heterocycles. The Balaban J connectivity index is 1.99. The van der Waals surface area contributed by atoms with Crippen LogP contribution in [0.5, 0.6) is 0 Å². The van der Waals surface area contributed by atoms with Crippen LogP contribution in [0.2, 0.25) is 0 Å². The maximum absolute atomic E-state index is 2.31. The van der Waals surface area contributed by atoms with Crippen molar-refractivity contribution in [2.24, 2.45) is 5.41 Å². The van der Waals surface area contributed by atoms with Crippen LogP contribution in [0.1, 0.15) is 26.3 Å². The van der Waals surface area contributed by atoms with Gasteiger partial charge >= 0.3 is 0 Å². The number of fused-ring (bicyclic) bond motifs is 5. The van der Waals surface area contributed by atoms with E-state index >= 15 is 0 Å². The second-order valence-corrected chi connectivity index (χ2v) is 7.63. The molecule has 0 atom stereocenters. The normalized spacial score (nSPS) is 12.6. The lowest BCUT2D eigenvalue weighted by atomic mass is 9.93. The Morgan fingerprint density at radius 1 is 0.625 bits per heavy atom. The molecule has 0 saturated carbocycles. The summed E-state index contributed by atoms with van der Waals surface area (Å²) in [6.45, 7) is 6.68. The quantitative estimate of drug-likeness (QED) is 0.326. The molecule has 4 aromatic rings. The number of hydrogen-bond acceptors (Lipinski definition) is 0. The van der Waals surface area contributed by atoms with Gasteiger partial charge in [-0.05, 0) is 49.4 Å². The monoisotopic (exact) mass is 310 g/mol. The summed E-state index contributed by atoms with van der Waals surface area (Å²) in [5, 5.41) is 7.91. The van der Waals surface area contributed by atoms with Crippen LogP contribution < -0.4 is 0 Å². The molecule has 0 aliphatic rings. The summed E-state index contributed by atoms with van der Waals surface area (Å²) in [6.07, 6.45) is 4.51. The van der Waals surface area contributed by atoms with Gasteiger partial charge in [0.15, 0.2) is 0 Å². The summed E-state index contributed by atoms with van der Waals surface area (Å²) >= 11 is 0. The van der Waals surface area contributed by atoms with Crippen molar-refractivity contribution in [3.8, 4) is 0 Å². The fraction of sp³-hybridized carbons (Fsp3) is 0.167. The van der Waals surface area contributed by atoms with Gasteiger partial charge < -0.3 is 0 Å². The van der Waals surface area contributed by atoms with E-state index in [0.29, 0.717) is 0 Å². The fourth-order valence-corrected chi connectivity index (χ4v) is 3.29. The highest BCUT2D eigenvalue weighted by molar-refractivity contribution is 6.17. The topological polar surface area (TPSA) is 0 Å². The van der Waals surface area contributed by atoms with Gasteiger partial charge in [-0.15, -0.1) is 0 Å². The van der Waals surface area contributed by atoms with Crippen molar-refractivity contribution in [3.05, 3.63) is 78.4 Å². The molecule has 0 aliphatic carbocycles. The van der Waals surface area contributed by atoms with Crippen molar-refractivity contribution in [2.45, 2.75) is 20.8 Å². The van der Waals surface area contributed by atoms with E-state index in [1.807, 2.05) is 0 Å². The van der Waals surface area contributed by atoms with Crippen LogP contribution in [0.3, 0.4) is 0 Å². The fourth-order valence-electron chi connectivity index (χ4n) is 3.29. The van der Waals surface area contributed by atoms with Gasteiger partial charge in [-0.25, -0.2) is 0 Å². The van der Waals surface area contributed by atoms with Crippen molar-refractivity contribution in [1.82, 2.24) is 0 Å². The molecule has 24 heavy (non-hydrogen) atoms. The first-order chi connectivity index (χ1) is 11.5. The molecule has 4 rings (SSSR count). The van der Waals surface area contributed by atoms with Crippen LogP contribution in [0.25, 0.3) is 38.4 Å². The zero-order chi connectivity index (χ0) is 16.7. The van der Waals surface area contributed by atoms with E-state index in [0.717, 1.165) is 0 Å². The minimum atomic E-state index is 0.198. The second-order valence-electron chi connectivity index (χ2n) is 7.63. The molecule has 4 aromatic carbocycles. The SMILES string of the molecule is CC(C)(C)/C=C\c1ccc2ccc3c4ccccc4ccc3c2c1. The third kappa shape index (κ3) is 2.69. The largest absolute Gasteiger partial charge is 0.0785 e. The van der Waals surface area contributed by atoms with Crippen molar-refractivity contribution < 1.29 is 0 Å². The van der Waals surface area contributed by atoms with Crippen LogP contribution in [0.4, 0.5) is 0 Å². The molecule has 0 N–H and O–H groups in total. The lowest BCUT2D eigenvalue weighted by Gasteiger charge is -2.12. The molecular weight excluding hydrogens is 288 g/mol. The second kappa shape index (κ2) is 5.49. The highest BCUT2D eigenvalue weighted by Gasteiger charge is 2.06. The van der Waals surface area contributed by atoms with Crippen molar-refractivity contribution in [1.29, 1.82) is 0 Å². The average Bonchev–Trinajstić information content (AvgIpc) is 2.58. The zero-order valence-corrected chi connectivity index (χ0v) is 14.5. The summed E-state index contributed by atoms with van der Waals surface area (Å²) < 4.78 is 0. The smallest absolute Gasteiger partial charge is 0.00987 e. The Labute approximate surface area is 143 Å². The molecule has 0 saturated heterocycles. The van der Waals surface area contributed by atoms with Crippen LogP contribution in [-0.2, 0) is 0 Å². The van der Waals surface area contributed by atoms with Gasteiger partial charge in [0.2, 0.25) is 0 Å². The summed E-state index contributed by atoms with van der Waals surface area (Å²) in [6, 6.07) is 24.4. The predicted octanol–water partition coefficient (Wildman–Crippen LogP) is 7.21. The van der Waals surface area contributed by atoms with E-state index in [1.165, 1.54) is 37.9 Å². The summed E-state index contributed by atoms with van der Waals surface area (Å²) in [5.41, 5.74) is 1.46. The molecule has 0 heteroatoms. The molecule has 0 unspecified atom stereocenters. The van der Waals surface area contributed by atoms with Crippen LogP contribution in [-0.4, -0.2) is 0 Å². The molecule has 118 valence electrons. The highest BCUT2D eigenvalue weighted by atomic mass is 14.1. The van der Waals surface area contributed by atoms with E-state index in [2.05, 4.69) is 99.7 Å². The molecule has 0 amide bonds. The minimum absolute atomic E-state index is 0.198. The Hall–Kier alpha value is -2.60. The Morgan fingerprint density at radius 3 is 2.00 bits per heavy atom. The maximum Gasteiger partial charge on any atom is -0.00987 e. The minimum Gasteiger partial charge on any atom is -0.0785 e. The number of benzene rings is 4. The standard InChI is InChI=1S/C24H22/c1-24(2,3)15-14-17-8-9-19-11-12-21-20-7-5-4-6-18(20)10-13-22(21)23(19)16-17/h4-16H,1-3H3/b15-14-. The van der Waals surface area contributed by atoms with Crippen molar-refractivity contribution in [2.75, 3.05) is 0 Å². The van der Waals surface area contributed by atoms with Crippen LogP contribution in [0, 0.1) is 5.41 Å². The molecule has 0 radical (unpaired) electrons. The predicted molar refractivity (Wildman–Crippen MR) is 107 cm³/mol. The number of hydrogen-bond donors (Lipinski definition) is 0. The Kier molecular flexibility index (Phi) is 3.42. The number of allylic oxidation sites excluding steroid dienone is 1.